The fraction of sp³-hybridized carbons (Fsp3) is 0. The number of sulfonamides is 1. The largest absolute Gasteiger partial charge is 0.858 e. The first kappa shape index (κ1) is 14.7. The highest BCUT2D eigenvalue weighted by atomic mass is 32.2. The molecule has 2 aromatic rings. The molecule has 1 aromatic carbocycles. The van der Waals surface area contributed by atoms with Crippen molar-refractivity contribution in [1.29, 1.82) is 0 Å². The van der Waals surface area contributed by atoms with Gasteiger partial charge in [-0.3, -0.25) is 4.79 Å². The van der Waals surface area contributed by atoms with Crippen molar-refractivity contribution in [3.63, 3.8) is 0 Å². The SMILES string of the molecule is NC(=O)c1cc[nH+]cc1.O=S1(=O)N=C([O-])c2ccccc21. The van der Waals surface area contributed by atoms with Crippen LogP contribution in [0.2, 0.25) is 0 Å². The number of benzene rings is 1. The minimum absolute atomic E-state index is 0.00926. The highest BCUT2D eigenvalue weighted by Crippen LogP contribution is 2.23. The van der Waals surface area contributed by atoms with Crippen LogP contribution in [0, 0.1) is 0 Å². The molecule has 0 spiro atoms. The summed E-state index contributed by atoms with van der Waals surface area (Å²) in [5.74, 6) is -1.07. The number of primary amides is 1. The number of fused-ring (bicyclic) bond motifs is 1. The zero-order valence-electron chi connectivity index (χ0n) is 10.7. The number of nitrogens with two attached hydrogens (primary N) is 1. The lowest BCUT2D eigenvalue weighted by molar-refractivity contribution is -0.378. The molecule has 0 aliphatic carbocycles. The molecule has 3 rings (SSSR count). The first-order valence-electron chi connectivity index (χ1n) is 5.79. The average Bonchev–Trinajstić information content (AvgIpc) is 2.71. The lowest BCUT2D eigenvalue weighted by atomic mass is 10.2. The normalized spacial score (nSPS) is 14.4. The Labute approximate surface area is 120 Å². The zero-order valence-corrected chi connectivity index (χ0v) is 11.5. The second kappa shape index (κ2) is 5.71. The molecule has 1 aromatic heterocycles. The number of carbonyl (C=O) groups excluding carboxylic acids is 1. The summed E-state index contributed by atoms with van der Waals surface area (Å²) in [6.07, 6.45) is 3.31. The van der Waals surface area contributed by atoms with Crippen LogP contribution in [0.15, 0.2) is 58.1 Å². The smallest absolute Gasteiger partial charge is 0.282 e. The summed E-state index contributed by atoms with van der Waals surface area (Å²) in [5.41, 5.74) is 5.65. The van der Waals surface area contributed by atoms with Gasteiger partial charge < -0.3 is 10.8 Å². The van der Waals surface area contributed by atoms with Crippen LogP contribution in [-0.2, 0) is 10.0 Å². The van der Waals surface area contributed by atoms with Gasteiger partial charge in [0.2, 0.25) is 5.91 Å². The molecule has 7 nitrogen and oxygen atoms in total. The number of nitrogens with zero attached hydrogens (tertiary/aromatic N) is 1. The molecular weight excluding hydrogens is 294 g/mol. The summed E-state index contributed by atoms with van der Waals surface area (Å²) >= 11 is 0. The molecule has 0 saturated heterocycles. The number of hydrogen-bond donors (Lipinski definition) is 1. The van der Waals surface area contributed by atoms with E-state index in [1.165, 1.54) is 12.1 Å². The average molecular weight is 305 g/mol. The Bertz CT molecular complexity index is 801. The Hall–Kier alpha value is -2.74. The van der Waals surface area contributed by atoms with E-state index in [4.69, 9.17) is 5.73 Å². The summed E-state index contributed by atoms with van der Waals surface area (Å²) in [4.78, 5) is 13.2. The van der Waals surface area contributed by atoms with Crippen molar-refractivity contribution in [3.05, 3.63) is 59.9 Å². The number of H-pyrrole nitrogens is 1. The topological polar surface area (TPSA) is 127 Å². The van der Waals surface area contributed by atoms with Crippen LogP contribution in [0.25, 0.3) is 0 Å². The first-order chi connectivity index (χ1) is 9.92. The third kappa shape index (κ3) is 3.23. The molecule has 0 fully saturated rings. The van der Waals surface area contributed by atoms with E-state index in [-0.39, 0.29) is 10.5 Å². The Balaban J connectivity index is 0.000000161. The Morgan fingerprint density at radius 1 is 1.14 bits per heavy atom. The molecule has 0 saturated carbocycles. The summed E-state index contributed by atoms with van der Waals surface area (Å²) in [6, 6.07) is 9.24. The summed E-state index contributed by atoms with van der Waals surface area (Å²) in [7, 11) is -3.68. The number of aromatic nitrogens is 1. The Kier molecular flexibility index (Phi) is 3.99. The van der Waals surface area contributed by atoms with Crippen LogP contribution in [-0.4, -0.2) is 20.2 Å². The van der Waals surface area contributed by atoms with Crippen molar-refractivity contribution in [3.8, 4) is 0 Å². The zero-order chi connectivity index (χ0) is 15.5. The molecule has 1 aliphatic heterocycles. The quantitative estimate of drug-likeness (QED) is 0.732. The fourth-order valence-electron chi connectivity index (χ4n) is 1.63. The van der Waals surface area contributed by atoms with E-state index < -0.39 is 21.8 Å². The maximum atomic E-state index is 11.1. The van der Waals surface area contributed by atoms with Gasteiger partial charge in [-0.15, -0.1) is 0 Å². The first-order valence-corrected chi connectivity index (χ1v) is 7.23. The van der Waals surface area contributed by atoms with Crippen LogP contribution in [0.5, 0.6) is 0 Å². The number of hydrogen-bond acceptors (Lipinski definition) is 4. The van der Waals surface area contributed by atoms with Gasteiger partial charge >= 0.3 is 0 Å². The maximum Gasteiger partial charge on any atom is 0.282 e. The summed E-state index contributed by atoms with van der Waals surface area (Å²) in [6.45, 7) is 0. The van der Waals surface area contributed by atoms with Gasteiger partial charge in [0.15, 0.2) is 12.4 Å². The number of carbonyl (C=O) groups is 1. The van der Waals surface area contributed by atoms with Crippen molar-refractivity contribution in [1.82, 2.24) is 0 Å². The highest BCUT2D eigenvalue weighted by Gasteiger charge is 2.22. The molecule has 8 heteroatoms. The Morgan fingerprint density at radius 3 is 2.29 bits per heavy atom. The van der Waals surface area contributed by atoms with Crippen LogP contribution in [0.1, 0.15) is 15.9 Å². The van der Waals surface area contributed by atoms with Gasteiger partial charge in [-0.25, -0.2) is 4.98 Å². The fourth-order valence-corrected chi connectivity index (χ4v) is 2.73. The predicted molar refractivity (Wildman–Crippen MR) is 71.7 cm³/mol. The van der Waals surface area contributed by atoms with Crippen molar-refractivity contribution >= 4 is 21.8 Å². The molecular formula is C13H11N3O4S. The van der Waals surface area contributed by atoms with E-state index >= 15 is 0 Å². The van der Waals surface area contributed by atoms with Gasteiger partial charge in [0.05, 0.1) is 10.5 Å². The third-order valence-corrected chi connectivity index (χ3v) is 3.92. The van der Waals surface area contributed by atoms with Crippen molar-refractivity contribution in [2.75, 3.05) is 0 Å². The van der Waals surface area contributed by atoms with Crippen molar-refractivity contribution < 1.29 is 23.3 Å². The molecule has 108 valence electrons. The minimum Gasteiger partial charge on any atom is -0.858 e. The number of aromatic amines is 1. The van der Waals surface area contributed by atoms with Crippen LogP contribution < -0.4 is 15.8 Å². The van der Waals surface area contributed by atoms with E-state index in [0.29, 0.717) is 5.56 Å². The van der Waals surface area contributed by atoms with Gasteiger partial charge in [-0.2, -0.15) is 12.8 Å². The van der Waals surface area contributed by atoms with Gasteiger partial charge in [0.1, 0.15) is 0 Å². The summed E-state index contributed by atoms with van der Waals surface area (Å²) in [5, 5.41) is 10.9. The van der Waals surface area contributed by atoms with Gasteiger partial charge in [-0.1, -0.05) is 18.2 Å². The van der Waals surface area contributed by atoms with E-state index in [1.807, 2.05) is 0 Å². The lowest BCUT2D eigenvalue weighted by Crippen LogP contribution is -2.15. The van der Waals surface area contributed by atoms with Gasteiger partial charge in [0, 0.05) is 23.6 Å². The predicted octanol–water partition coefficient (Wildman–Crippen LogP) is -0.905. The second-order valence-electron chi connectivity index (χ2n) is 4.02. The molecule has 1 aliphatic rings. The van der Waals surface area contributed by atoms with Gasteiger partial charge in [-0.05, 0) is 6.07 Å². The number of amides is 1. The molecule has 0 unspecified atom stereocenters. The standard InChI is InChI=1S/C7H5NO3S.C6H6N2O/c9-7-5-3-1-2-4-6(5)12(10,11)8-7;7-6(9)5-1-3-8-4-2-5/h1-4H,(H,8,9);1-4H,(H2,7,9). The Morgan fingerprint density at radius 2 is 1.76 bits per heavy atom. The molecule has 2 heterocycles. The van der Waals surface area contributed by atoms with Crippen LogP contribution in [0.4, 0.5) is 0 Å². The van der Waals surface area contributed by atoms with E-state index in [2.05, 4.69) is 9.38 Å². The monoisotopic (exact) mass is 305 g/mol. The molecule has 0 radical (unpaired) electrons. The van der Waals surface area contributed by atoms with Crippen molar-refractivity contribution in [2.45, 2.75) is 4.90 Å². The molecule has 21 heavy (non-hydrogen) atoms. The van der Waals surface area contributed by atoms with E-state index in [9.17, 15) is 18.3 Å². The molecule has 0 atom stereocenters. The number of nitrogens with one attached hydrogen (secondary N) is 1. The minimum atomic E-state index is -3.68. The van der Waals surface area contributed by atoms with Crippen LogP contribution in [0.3, 0.4) is 0 Å². The maximum absolute atomic E-state index is 11.1. The van der Waals surface area contributed by atoms with Crippen LogP contribution >= 0.6 is 0 Å². The summed E-state index contributed by atoms with van der Waals surface area (Å²) < 4.78 is 25.2. The van der Waals surface area contributed by atoms with Gasteiger partial charge in [0.25, 0.3) is 10.0 Å². The second-order valence-corrected chi connectivity index (χ2v) is 5.59. The number of rotatable bonds is 1. The van der Waals surface area contributed by atoms with Crippen molar-refractivity contribution in [2.24, 2.45) is 10.1 Å². The number of pyridine rings is 1. The molecule has 1 amide bonds. The highest BCUT2D eigenvalue weighted by molar-refractivity contribution is 7.90. The van der Waals surface area contributed by atoms with E-state index in [1.54, 1.807) is 36.7 Å². The third-order valence-electron chi connectivity index (χ3n) is 2.60. The molecule has 3 N–H and O–H groups in total. The van der Waals surface area contributed by atoms with E-state index in [0.717, 1.165) is 0 Å². The lowest BCUT2D eigenvalue weighted by Gasteiger charge is -2.01. The molecule has 0 bridgehead atoms.